The van der Waals surface area contributed by atoms with E-state index < -0.39 is 0 Å². The summed E-state index contributed by atoms with van der Waals surface area (Å²) >= 11 is 0. The number of likely N-dealkylation sites (tertiary alicyclic amines) is 1. The number of hydrogen-bond donors (Lipinski definition) is 1. The number of para-hydroxylation sites is 1. The number of nitrogens with zero attached hydrogens (tertiary/aromatic N) is 3. The van der Waals surface area contributed by atoms with E-state index in [1.165, 1.54) is 0 Å². The summed E-state index contributed by atoms with van der Waals surface area (Å²) in [5, 5.41) is 7.33. The van der Waals surface area contributed by atoms with Gasteiger partial charge in [0.2, 0.25) is 11.8 Å². The van der Waals surface area contributed by atoms with Crippen LogP contribution < -0.4 is 5.32 Å². The number of amides is 2. The number of anilines is 1. The number of hydrogen-bond acceptors (Lipinski definition) is 3. The van der Waals surface area contributed by atoms with Crippen molar-refractivity contribution in [2.75, 3.05) is 18.4 Å². The molecule has 1 fully saturated rings. The van der Waals surface area contributed by atoms with Crippen LogP contribution in [0.4, 0.5) is 5.69 Å². The molecule has 1 aliphatic heterocycles. The summed E-state index contributed by atoms with van der Waals surface area (Å²) in [6.45, 7) is 5.11. The number of rotatable bonds is 4. The highest BCUT2D eigenvalue weighted by atomic mass is 16.2. The van der Waals surface area contributed by atoms with Crippen LogP contribution in [0.5, 0.6) is 0 Å². The first-order chi connectivity index (χ1) is 12.5. The Morgan fingerprint density at radius 3 is 2.62 bits per heavy atom. The number of nitrogens with one attached hydrogen (secondary N) is 1. The van der Waals surface area contributed by atoms with Crippen molar-refractivity contribution in [2.45, 2.75) is 33.1 Å². The molecule has 26 heavy (non-hydrogen) atoms. The lowest BCUT2D eigenvalue weighted by molar-refractivity contribution is -0.133. The van der Waals surface area contributed by atoms with Crippen LogP contribution in [0.25, 0.3) is 0 Å². The predicted molar refractivity (Wildman–Crippen MR) is 101 cm³/mol. The normalized spacial score (nSPS) is 17.2. The number of aryl methyl sites for hydroxylation is 2. The van der Waals surface area contributed by atoms with Gasteiger partial charge in [-0.15, -0.1) is 0 Å². The molecule has 1 atom stereocenters. The summed E-state index contributed by atoms with van der Waals surface area (Å²) < 4.78 is 1.81. The lowest BCUT2D eigenvalue weighted by Crippen LogP contribution is -2.44. The Morgan fingerprint density at radius 1 is 1.23 bits per heavy atom. The van der Waals surface area contributed by atoms with Crippen LogP contribution in [-0.2, 0) is 23.1 Å². The zero-order valence-corrected chi connectivity index (χ0v) is 15.7. The number of aromatic nitrogens is 2. The van der Waals surface area contributed by atoms with Crippen LogP contribution in [0, 0.1) is 19.8 Å². The van der Waals surface area contributed by atoms with Gasteiger partial charge in [0.25, 0.3) is 0 Å². The van der Waals surface area contributed by atoms with Gasteiger partial charge in [0.1, 0.15) is 0 Å². The van der Waals surface area contributed by atoms with E-state index in [2.05, 4.69) is 10.4 Å². The van der Waals surface area contributed by atoms with E-state index in [-0.39, 0.29) is 17.7 Å². The molecule has 1 aromatic heterocycles. The van der Waals surface area contributed by atoms with E-state index >= 15 is 0 Å². The first-order valence-corrected chi connectivity index (χ1v) is 9.08. The van der Waals surface area contributed by atoms with Crippen LogP contribution in [0.15, 0.2) is 30.3 Å². The SMILES string of the molecule is Cc1nn(C)c(C)c1CC(=O)N1CCCC(C(=O)Nc2ccccc2)C1. The van der Waals surface area contributed by atoms with Crippen molar-refractivity contribution < 1.29 is 9.59 Å². The third kappa shape index (κ3) is 3.95. The van der Waals surface area contributed by atoms with Gasteiger partial charge >= 0.3 is 0 Å². The Kier molecular flexibility index (Phi) is 5.40. The maximum absolute atomic E-state index is 12.8. The highest BCUT2D eigenvalue weighted by molar-refractivity contribution is 5.93. The summed E-state index contributed by atoms with van der Waals surface area (Å²) in [6, 6.07) is 9.45. The fourth-order valence-corrected chi connectivity index (χ4v) is 3.52. The van der Waals surface area contributed by atoms with Crippen molar-refractivity contribution in [3.05, 3.63) is 47.3 Å². The van der Waals surface area contributed by atoms with Crippen molar-refractivity contribution in [2.24, 2.45) is 13.0 Å². The van der Waals surface area contributed by atoms with Gasteiger partial charge in [-0.1, -0.05) is 18.2 Å². The molecule has 1 aromatic carbocycles. The smallest absolute Gasteiger partial charge is 0.229 e. The molecule has 0 aliphatic carbocycles. The van der Waals surface area contributed by atoms with Crippen LogP contribution in [-0.4, -0.2) is 39.6 Å². The van der Waals surface area contributed by atoms with Gasteiger partial charge < -0.3 is 10.2 Å². The molecule has 0 radical (unpaired) electrons. The Hall–Kier alpha value is -2.63. The van der Waals surface area contributed by atoms with Gasteiger partial charge in [-0.2, -0.15) is 5.10 Å². The third-order valence-corrected chi connectivity index (χ3v) is 5.17. The van der Waals surface area contributed by atoms with E-state index in [1.54, 1.807) is 0 Å². The second-order valence-electron chi connectivity index (χ2n) is 6.98. The summed E-state index contributed by atoms with van der Waals surface area (Å²) in [6.07, 6.45) is 2.01. The quantitative estimate of drug-likeness (QED) is 0.917. The van der Waals surface area contributed by atoms with Crippen LogP contribution in [0.2, 0.25) is 0 Å². The van der Waals surface area contributed by atoms with Crippen LogP contribution in [0.3, 0.4) is 0 Å². The molecule has 138 valence electrons. The summed E-state index contributed by atoms with van der Waals surface area (Å²) in [4.78, 5) is 27.1. The molecule has 1 N–H and O–H groups in total. The van der Waals surface area contributed by atoms with Gasteiger partial charge in [-0.25, -0.2) is 0 Å². The Labute approximate surface area is 154 Å². The van der Waals surface area contributed by atoms with Crippen molar-refractivity contribution in [3.8, 4) is 0 Å². The fourth-order valence-electron chi connectivity index (χ4n) is 3.52. The minimum Gasteiger partial charge on any atom is -0.342 e. The number of benzene rings is 1. The van der Waals surface area contributed by atoms with Crippen LogP contribution >= 0.6 is 0 Å². The van der Waals surface area contributed by atoms with Gasteiger partial charge in [0.15, 0.2) is 0 Å². The number of piperidine rings is 1. The summed E-state index contributed by atoms with van der Waals surface area (Å²) in [5.74, 6) is -0.104. The molecule has 3 rings (SSSR count). The van der Waals surface area contributed by atoms with Crippen molar-refractivity contribution in [1.29, 1.82) is 0 Å². The fraction of sp³-hybridized carbons (Fsp3) is 0.450. The first-order valence-electron chi connectivity index (χ1n) is 9.08. The van der Waals surface area contributed by atoms with Crippen LogP contribution in [0.1, 0.15) is 29.8 Å². The highest BCUT2D eigenvalue weighted by Gasteiger charge is 2.29. The lowest BCUT2D eigenvalue weighted by Gasteiger charge is -2.32. The maximum Gasteiger partial charge on any atom is 0.229 e. The standard InChI is InChI=1S/C20H26N4O2/c1-14-18(15(2)23(3)22-14)12-19(25)24-11-7-8-16(13-24)20(26)21-17-9-5-4-6-10-17/h4-6,9-10,16H,7-8,11-13H2,1-3H3,(H,21,26). The van der Waals surface area contributed by atoms with Gasteiger partial charge in [-0.05, 0) is 38.8 Å². The maximum atomic E-state index is 12.8. The topological polar surface area (TPSA) is 67.2 Å². The molecule has 0 bridgehead atoms. The Morgan fingerprint density at radius 2 is 1.96 bits per heavy atom. The van der Waals surface area contributed by atoms with Gasteiger partial charge in [0.05, 0.1) is 18.0 Å². The van der Waals surface area contributed by atoms with Crippen molar-refractivity contribution in [1.82, 2.24) is 14.7 Å². The minimum atomic E-state index is -0.163. The molecule has 1 saturated heterocycles. The van der Waals surface area contributed by atoms with Crippen molar-refractivity contribution >= 4 is 17.5 Å². The molecule has 6 nitrogen and oxygen atoms in total. The third-order valence-electron chi connectivity index (χ3n) is 5.17. The minimum absolute atomic E-state index is 0.0116. The molecule has 1 unspecified atom stereocenters. The molecule has 6 heteroatoms. The first kappa shape index (κ1) is 18.2. The summed E-state index contributed by atoms with van der Waals surface area (Å²) in [5.41, 5.74) is 3.70. The van der Waals surface area contributed by atoms with E-state index in [0.29, 0.717) is 19.5 Å². The monoisotopic (exact) mass is 354 g/mol. The van der Waals surface area contributed by atoms with E-state index in [0.717, 1.165) is 35.5 Å². The van der Waals surface area contributed by atoms with Gasteiger partial charge in [-0.3, -0.25) is 14.3 Å². The average Bonchev–Trinajstić information content (AvgIpc) is 2.88. The molecule has 2 amide bonds. The van der Waals surface area contributed by atoms with Crippen molar-refractivity contribution in [3.63, 3.8) is 0 Å². The van der Waals surface area contributed by atoms with E-state index in [1.807, 2.05) is 60.8 Å². The molecule has 2 heterocycles. The molecule has 2 aromatic rings. The highest BCUT2D eigenvalue weighted by Crippen LogP contribution is 2.21. The average molecular weight is 354 g/mol. The Balaban J connectivity index is 1.62. The molecular weight excluding hydrogens is 328 g/mol. The lowest BCUT2D eigenvalue weighted by atomic mass is 9.96. The molecular formula is C20H26N4O2. The Bertz CT molecular complexity index is 798. The zero-order valence-electron chi connectivity index (χ0n) is 15.7. The molecule has 0 saturated carbocycles. The second kappa shape index (κ2) is 7.72. The molecule has 0 spiro atoms. The van der Waals surface area contributed by atoms with E-state index in [4.69, 9.17) is 0 Å². The number of carbonyl (C=O) groups excluding carboxylic acids is 2. The number of carbonyl (C=O) groups is 2. The predicted octanol–water partition coefficient (Wildman–Crippen LogP) is 2.46. The zero-order chi connectivity index (χ0) is 18.7. The van der Waals surface area contributed by atoms with Gasteiger partial charge in [0, 0.05) is 37.1 Å². The largest absolute Gasteiger partial charge is 0.342 e. The van der Waals surface area contributed by atoms with E-state index in [9.17, 15) is 9.59 Å². The second-order valence-corrected chi connectivity index (χ2v) is 6.98. The molecule has 1 aliphatic rings. The summed E-state index contributed by atoms with van der Waals surface area (Å²) in [7, 11) is 1.89.